The molecule has 0 radical (unpaired) electrons. The highest BCUT2D eigenvalue weighted by Crippen LogP contribution is 2.21. The Morgan fingerprint density at radius 3 is 2.86 bits per heavy atom. The number of rotatable bonds is 5. The summed E-state index contributed by atoms with van der Waals surface area (Å²) in [5.41, 5.74) is 1.39. The van der Waals surface area contributed by atoms with E-state index in [1.54, 1.807) is 11.3 Å². The molecule has 5 nitrogen and oxygen atoms in total. The van der Waals surface area contributed by atoms with Crippen molar-refractivity contribution < 1.29 is 14.6 Å². The lowest BCUT2D eigenvalue weighted by atomic mass is 10.2. The molecule has 1 atom stereocenters. The summed E-state index contributed by atoms with van der Waals surface area (Å²) in [4.78, 5) is 17.0. The van der Waals surface area contributed by atoms with Gasteiger partial charge >= 0.3 is 5.97 Å². The summed E-state index contributed by atoms with van der Waals surface area (Å²) in [6.07, 6.45) is 1.96. The lowest BCUT2D eigenvalue weighted by Crippen LogP contribution is -2.45. The van der Waals surface area contributed by atoms with Crippen molar-refractivity contribution in [2.75, 3.05) is 32.8 Å². The van der Waals surface area contributed by atoms with Gasteiger partial charge in [-0.1, -0.05) is 0 Å². The number of likely N-dealkylation sites (tertiary alicyclic amines) is 1. The smallest absolute Gasteiger partial charge is 0.334 e. The Kier molecular flexibility index (Phi) is 4.90. The third-order valence-corrected chi connectivity index (χ3v) is 5.09. The summed E-state index contributed by atoms with van der Waals surface area (Å²) in [5.74, 6) is -0.861. The summed E-state index contributed by atoms with van der Waals surface area (Å²) < 4.78 is 5.26. The number of hydrogen-bond donors (Lipinski definition) is 1. The molecule has 0 amide bonds. The zero-order chi connectivity index (χ0) is 14.7. The van der Waals surface area contributed by atoms with Crippen LogP contribution in [0.4, 0.5) is 0 Å². The first-order valence-electron chi connectivity index (χ1n) is 7.56. The molecule has 2 saturated heterocycles. The van der Waals surface area contributed by atoms with Gasteiger partial charge in [-0.05, 0) is 42.9 Å². The predicted octanol–water partition coefficient (Wildman–Crippen LogP) is 1.63. The van der Waals surface area contributed by atoms with Gasteiger partial charge in [0.15, 0.2) is 6.10 Å². The van der Waals surface area contributed by atoms with Crippen LogP contribution >= 0.6 is 11.3 Å². The molecule has 1 aromatic rings. The molecule has 3 heterocycles. The standard InChI is InChI=1S/C15H22N2O3S/c18-15(19)14-10-17(5-6-20-14)9-13-7-12(11-21-13)8-16-3-1-2-4-16/h7,11,14H,1-6,8-10H2,(H,18,19). The molecule has 1 N–H and O–H groups in total. The molecule has 2 aliphatic rings. The van der Waals surface area contributed by atoms with Gasteiger partial charge in [0.1, 0.15) is 0 Å². The SMILES string of the molecule is O=C(O)C1CN(Cc2cc(CN3CCCC3)cs2)CCO1. The molecule has 0 spiro atoms. The Labute approximate surface area is 129 Å². The van der Waals surface area contributed by atoms with Crippen molar-refractivity contribution in [2.45, 2.75) is 32.0 Å². The number of carbonyl (C=O) groups is 1. The third-order valence-electron chi connectivity index (χ3n) is 4.12. The van der Waals surface area contributed by atoms with Crippen molar-refractivity contribution in [1.29, 1.82) is 0 Å². The molecule has 21 heavy (non-hydrogen) atoms. The molecular weight excluding hydrogens is 288 g/mol. The average molecular weight is 310 g/mol. The number of morpholine rings is 1. The van der Waals surface area contributed by atoms with Gasteiger partial charge in [0.2, 0.25) is 0 Å². The van der Waals surface area contributed by atoms with Crippen LogP contribution in [0.3, 0.4) is 0 Å². The lowest BCUT2D eigenvalue weighted by molar-refractivity contribution is -0.156. The number of aliphatic carboxylic acids is 1. The van der Waals surface area contributed by atoms with Crippen molar-refractivity contribution >= 4 is 17.3 Å². The molecule has 2 aliphatic heterocycles. The lowest BCUT2D eigenvalue weighted by Gasteiger charge is -2.30. The Balaban J connectivity index is 1.52. The van der Waals surface area contributed by atoms with Crippen LogP contribution in [-0.4, -0.2) is 59.8 Å². The zero-order valence-corrected chi connectivity index (χ0v) is 13.0. The van der Waals surface area contributed by atoms with Gasteiger partial charge in [-0.25, -0.2) is 4.79 Å². The molecule has 6 heteroatoms. The van der Waals surface area contributed by atoms with Crippen molar-refractivity contribution in [1.82, 2.24) is 9.80 Å². The van der Waals surface area contributed by atoms with Crippen LogP contribution in [0.5, 0.6) is 0 Å². The van der Waals surface area contributed by atoms with Crippen LogP contribution in [0.2, 0.25) is 0 Å². The first kappa shape index (κ1) is 15.0. The fraction of sp³-hybridized carbons (Fsp3) is 0.667. The summed E-state index contributed by atoms with van der Waals surface area (Å²) in [6, 6.07) is 2.27. The van der Waals surface area contributed by atoms with E-state index in [4.69, 9.17) is 9.84 Å². The topological polar surface area (TPSA) is 53.0 Å². The Hall–Kier alpha value is -0.950. The monoisotopic (exact) mass is 310 g/mol. The maximum absolute atomic E-state index is 11.0. The fourth-order valence-electron chi connectivity index (χ4n) is 3.01. The molecule has 116 valence electrons. The minimum atomic E-state index is -0.861. The highest BCUT2D eigenvalue weighted by Gasteiger charge is 2.26. The molecule has 1 unspecified atom stereocenters. The maximum Gasteiger partial charge on any atom is 0.334 e. The molecule has 1 aromatic heterocycles. The van der Waals surface area contributed by atoms with Crippen LogP contribution in [0.25, 0.3) is 0 Å². The number of carboxylic acid groups (broad SMARTS) is 1. The largest absolute Gasteiger partial charge is 0.479 e. The van der Waals surface area contributed by atoms with Gasteiger partial charge in [0, 0.05) is 31.1 Å². The van der Waals surface area contributed by atoms with Crippen LogP contribution in [0.15, 0.2) is 11.4 Å². The second-order valence-corrected chi connectivity index (χ2v) is 6.83. The van der Waals surface area contributed by atoms with E-state index in [0.717, 1.165) is 19.6 Å². The van der Waals surface area contributed by atoms with Crippen molar-refractivity contribution in [3.8, 4) is 0 Å². The van der Waals surface area contributed by atoms with E-state index in [1.807, 2.05) is 0 Å². The Morgan fingerprint density at radius 1 is 1.29 bits per heavy atom. The summed E-state index contributed by atoms with van der Waals surface area (Å²) in [6.45, 7) is 6.11. The van der Waals surface area contributed by atoms with E-state index in [9.17, 15) is 4.79 Å². The number of carboxylic acids is 1. The first-order chi connectivity index (χ1) is 10.2. The van der Waals surface area contributed by atoms with Gasteiger partial charge in [0.25, 0.3) is 0 Å². The number of nitrogens with zero attached hydrogens (tertiary/aromatic N) is 2. The van der Waals surface area contributed by atoms with E-state index < -0.39 is 12.1 Å². The predicted molar refractivity (Wildman–Crippen MR) is 81.5 cm³/mol. The van der Waals surface area contributed by atoms with Crippen molar-refractivity contribution in [3.05, 3.63) is 21.9 Å². The molecule has 0 saturated carbocycles. The zero-order valence-electron chi connectivity index (χ0n) is 12.2. The van der Waals surface area contributed by atoms with Crippen molar-refractivity contribution in [3.63, 3.8) is 0 Å². The van der Waals surface area contributed by atoms with E-state index >= 15 is 0 Å². The van der Waals surface area contributed by atoms with Crippen molar-refractivity contribution in [2.24, 2.45) is 0 Å². The van der Waals surface area contributed by atoms with Crippen LogP contribution in [-0.2, 0) is 22.6 Å². The maximum atomic E-state index is 11.0. The molecular formula is C15H22N2O3S. The van der Waals surface area contributed by atoms with Crippen LogP contribution in [0, 0.1) is 0 Å². The first-order valence-corrected chi connectivity index (χ1v) is 8.44. The number of hydrogen-bond acceptors (Lipinski definition) is 5. The van der Waals surface area contributed by atoms with Crippen LogP contribution < -0.4 is 0 Å². The van der Waals surface area contributed by atoms with E-state index in [-0.39, 0.29) is 0 Å². The summed E-state index contributed by atoms with van der Waals surface area (Å²) >= 11 is 1.78. The highest BCUT2D eigenvalue weighted by atomic mass is 32.1. The van der Waals surface area contributed by atoms with Gasteiger partial charge in [-0.15, -0.1) is 11.3 Å². The third kappa shape index (κ3) is 4.03. The summed E-state index contributed by atoms with van der Waals surface area (Å²) in [5, 5.41) is 11.3. The fourth-order valence-corrected chi connectivity index (χ4v) is 3.93. The summed E-state index contributed by atoms with van der Waals surface area (Å²) in [7, 11) is 0. The highest BCUT2D eigenvalue weighted by molar-refractivity contribution is 7.10. The molecule has 2 fully saturated rings. The van der Waals surface area contributed by atoms with Gasteiger partial charge in [-0.3, -0.25) is 9.80 Å². The van der Waals surface area contributed by atoms with E-state index in [2.05, 4.69) is 21.2 Å². The minimum Gasteiger partial charge on any atom is -0.479 e. The average Bonchev–Trinajstić information content (AvgIpc) is 3.12. The normalized spacial score (nSPS) is 24.5. The van der Waals surface area contributed by atoms with Gasteiger partial charge in [0.05, 0.1) is 6.61 Å². The second-order valence-electron chi connectivity index (χ2n) is 5.84. The molecule has 0 aliphatic carbocycles. The number of ether oxygens (including phenoxy) is 1. The number of thiophene rings is 1. The molecule has 0 aromatic carbocycles. The Morgan fingerprint density at radius 2 is 2.10 bits per heavy atom. The van der Waals surface area contributed by atoms with E-state index in [0.29, 0.717) is 13.2 Å². The molecule has 0 bridgehead atoms. The Bertz CT molecular complexity index is 485. The molecule has 3 rings (SSSR count). The van der Waals surface area contributed by atoms with E-state index in [1.165, 1.54) is 36.4 Å². The van der Waals surface area contributed by atoms with Gasteiger partial charge in [-0.2, -0.15) is 0 Å². The second kappa shape index (κ2) is 6.87. The van der Waals surface area contributed by atoms with Gasteiger partial charge < -0.3 is 9.84 Å². The van der Waals surface area contributed by atoms with Crippen LogP contribution in [0.1, 0.15) is 23.3 Å². The quantitative estimate of drug-likeness (QED) is 0.896. The minimum absolute atomic E-state index is 0.481.